The van der Waals surface area contributed by atoms with Gasteiger partial charge in [0, 0.05) is 5.69 Å². The smallest absolute Gasteiger partial charge is 0.309 e. The third kappa shape index (κ3) is 2.12. The highest BCUT2D eigenvalue weighted by Gasteiger charge is 2.13. The first-order valence-corrected chi connectivity index (χ1v) is 5.54. The average Bonchev–Trinajstić information content (AvgIpc) is 2.79. The van der Waals surface area contributed by atoms with Crippen molar-refractivity contribution in [2.75, 3.05) is 5.73 Å². The van der Waals surface area contributed by atoms with Crippen LogP contribution < -0.4 is 15.9 Å². The summed E-state index contributed by atoms with van der Waals surface area (Å²) >= 11 is 0. The fraction of sp³-hybridized carbons (Fsp3) is 0.0769. The van der Waals surface area contributed by atoms with Crippen LogP contribution in [0.2, 0.25) is 0 Å². The van der Waals surface area contributed by atoms with E-state index in [1.165, 1.54) is 11.0 Å². The third-order valence-electron chi connectivity index (χ3n) is 2.81. The van der Waals surface area contributed by atoms with Gasteiger partial charge in [-0.05, 0) is 47.4 Å². The summed E-state index contributed by atoms with van der Waals surface area (Å²) in [6, 6.07) is 13.4. The molecule has 1 aliphatic rings. The molecule has 3 rings (SSSR count). The van der Waals surface area contributed by atoms with Gasteiger partial charge < -0.3 is 15.1 Å². The van der Waals surface area contributed by atoms with E-state index in [4.69, 9.17) is 15.1 Å². The predicted molar refractivity (Wildman–Crippen MR) is 68.9 cm³/mol. The van der Waals surface area contributed by atoms with Gasteiger partial charge in [0.15, 0.2) is 0 Å². The van der Waals surface area contributed by atoms with Crippen molar-refractivity contribution in [3.63, 3.8) is 0 Å². The molecule has 0 spiro atoms. The number of rotatable bonds is 2. The van der Waals surface area contributed by atoms with Crippen LogP contribution >= 0.6 is 0 Å². The first kappa shape index (κ1) is 10.2. The minimum Gasteiger partial charge on any atom is -0.457 e. The molecule has 17 heavy (non-hydrogen) atoms. The van der Waals surface area contributed by atoms with Gasteiger partial charge in [-0.3, -0.25) is 0 Å². The molecule has 0 aromatic heterocycles. The Kier molecular flexibility index (Phi) is 2.50. The highest BCUT2D eigenvalue weighted by Crippen LogP contribution is 2.23. The Hall–Kier alpha value is -1.94. The van der Waals surface area contributed by atoms with Gasteiger partial charge in [0.05, 0.1) is 6.61 Å². The molecule has 0 unspecified atom stereocenters. The lowest BCUT2D eigenvalue weighted by Gasteiger charge is -2.07. The second kappa shape index (κ2) is 4.15. The average molecular weight is 225 g/mol. The second-order valence-electron chi connectivity index (χ2n) is 4.09. The molecule has 1 aliphatic heterocycles. The number of nitrogen functional groups attached to an aromatic ring is 1. The Morgan fingerprint density at radius 2 is 1.82 bits per heavy atom. The predicted octanol–water partition coefficient (Wildman–Crippen LogP) is 1.57. The highest BCUT2D eigenvalue weighted by atomic mass is 16.5. The minimum absolute atomic E-state index is 0.675. The van der Waals surface area contributed by atoms with Crippen molar-refractivity contribution in [1.29, 1.82) is 0 Å². The Labute approximate surface area is 100 Å². The van der Waals surface area contributed by atoms with E-state index in [1.54, 1.807) is 0 Å². The Morgan fingerprint density at radius 3 is 2.65 bits per heavy atom. The molecule has 0 atom stereocenters. The van der Waals surface area contributed by atoms with E-state index in [2.05, 4.69) is 6.07 Å². The van der Waals surface area contributed by atoms with Gasteiger partial charge in [0.25, 0.3) is 0 Å². The summed E-state index contributed by atoms with van der Waals surface area (Å²) < 4.78 is 11.1. The lowest BCUT2D eigenvalue weighted by Crippen LogP contribution is -2.10. The lowest BCUT2D eigenvalue weighted by atomic mass is 9.87. The van der Waals surface area contributed by atoms with Gasteiger partial charge in [-0.1, -0.05) is 6.07 Å². The van der Waals surface area contributed by atoms with Gasteiger partial charge in [0.2, 0.25) is 0 Å². The number of hydrogen-bond acceptors (Lipinski definition) is 3. The zero-order valence-corrected chi connectivity index (χ0v) is 9.35. The van der Waals surface area contributed by atoms with Crippen LogP contribution in [0, 0.1) is 0 Å². The molecule has 84 valence electrons. The van der Waals surface area contributed by atoms with Crippen LogP contribution in [0.3, 0.4) is 0 Å². The SMILES string of the molecule is Nc1ccc(Oc2ccc3c(c2)COB3)cc1. The number of hydrogen-bond donors (Lipinski definition) is 1. The number of fused-ring (bicyclic) bond motifs is 1. The molecule has 1 heterocycles. The first-order valence-electron chi connectivity index (χ1n) is 5.54. The molecule has 2 aromatic carbocycles. The molecule has 2 N–H and O–H groups in total. The molecule has 0 fully saturated rings. The number of anilines is 1. The van der Waals surface area contributed by atoms with E-state index >= 15 is 0 Å². The number of benzene rings is 2. The standard InChI is InChI=1S/C13H12BNO2/c15-10-1-3-11(4-2-10)17-12-5-6-13-9(7-12)8-16-14-13/h1-7,14H,8,15H2. The molecular formula is C13H12BNO2. The van der Waals surface area contributed by atoms with E-state index in [0.717, 1.165) is 17.2 Å². The zero-order valence-electron chi connectivity index (χ0n) is 9.35. The fourth-order valence-corrected chi connectivity index (χ4v) is 1.88. The second-order valence-corrected chi connectivity index (χ2v) is 4.09. The van der Waals surface area contributed by atoms with Crippen LogP contribution in [0.5, 0.6) is 11.5 Å². The quantitative estimate of drug-likeness (QED) is 0.623. The molecule has 2 aromatic rings. The summed E-state index contributed by atoms with van der Waals surface area (Å²) in [4.78, 5) is 0. The van der Waals surface area contributed by atoms with E-state index in [9.17, 15) is 0 Å². The van der Waals surface area contributed by atoms with Crippen molar-refractivity contribution in [3.8, 4) is 11.5 Å². The molecule has 4 heteroatoms. The summed E-state index contributed by atoms with van der Waals surface area (Å²) in [6.45, 7) is 0.675. The summed E-state index contributed by atoms with van der Waals surface area (Å²) in [5.74, 6) is 1.62. The van der Waals surface area contributed by atoms with Crippen molar-refractivity contribution in [2.24, 2.45) is 0 Å². The summed E-state index contributed by atoms with van der Waals surface area (Å²) in [5.41, 5.74) is 8.81. The summed E-state index contributed by atoms with van der Waals surface area (Å²) in [5, 5.41) is 0. The summed E-state index contributed by atoms with van der Waals surface area (Å²) in [6.07, 6.45) is 0. The van der Waals surface area contributed by atoms with Crippen molar-refractivity contribution in [3.05, 3.63) is 48.0 Å². The van der Waals surface area contributed by atoms with Crippen LogP contribution in [0.15, 0.2) is 42.5 Å². The Balaban J connectivity index is 1.83. The zero-order chi connectivity index (χ0) is 11.7. The third-order valence-corrected chi connectivity index (χ3v) is 2.81. The lowest BCUT2D eigenvalue weighted by molar-refractivity contribution is 0.344. The van der Waals surface area contributed by atoms with Gasteiger partial charge in [-0.25, -0.2) is 0 Å². The van der Waals surface area contributed by atoms with Crippen LogP contribution in [0.1, 0.15) is 5.56 Å². The maximum atomic E-state index is 5.75. The molecule has 0 saturated carbocycles. The molecule has 0 bridgehead atoms. The van der Waals surface area contributed by atoms with E-state index in [0.29, 0.717) is 14.1 Å². The number of nitrogens with two attached hydrogens (primary N) is 1. The van der Waals surface area contributed by atoms with Gasteiger partial charge in [0.1, 0.15) is 11.5 Å². The van der Waals surface area contributed by atoms with E-state index in [1.807, 2.05) is 36.4 Å². The first-order chi connectivity index (χ1) is 8.31. The van der Waals surface area contributed by atoms with Crippen molar-refractivity contribution < 1.29 is 9.39 Å². The minimum atomic E-state index is 0.675. The number of ether oxygens (including phenoxy) is 1. The molecule has 0 radical (unpaired) electrons. The van der Waals surface area contributed by atoms with Crippen LogP contribution in [0.4, 0.5) is 5.69 Å². The van der Waals surface area contributed by atoms with E-state index in [-0.39, 0.29) is 0 Å². The fourth-order valence-electron chi connectivity index (χ4n) is 1.88. The van der Waals surface area contributed by atoms with Gasteiger partial charge in [-0.2, -0.15) is 0 Å². The molecule has 0 aliphatic carbocycles. The molecule has 0 amide bonds. The largest absolute Gasteiger partial charge is 0.457 e. The van der Waals surface area contributed by atoms with Gasteiger partial charge in [-0.15, -0.1) is 0 Å². The monoisotopic (exact) mass is 225 g/mol. The van der Waals surface area contributed by atoms with Crippen molar-refractivity contribution in [1.82, 2.24) is 0 Å². The topological polar surface area (TPSA) is 44.5 Å². The Morgan fingerprint density at radius 1 is 1.06 bits per heavy atom. The van der Waals surface area contributed by atoms with Crippen molar-refractivity contribution in [2.45, 2.75) is 6.61 Å². The Bertz CT molecular complexity index is 540. The van der Waals surface area contributed by atoms with Gasteiger partial charge >= 0.3 is 7.48 Å². The summed E-state index contributed by atoms with van der Waals surface area (Å²) in [7, 11) is 0.706. The molecule has 3 nitrogen and oxygen atoms in total. The van der Waals surface area contributed by atoms with Crippen molar-refractivity contribution >= 4 is 18.6 Å². The maximum absolute atomic E-state index is 5.75. The molecule has 0 saturated heterocycles. The van der Waals surface area contributed by atoms with Crippen LogP contribution in [-0.4, -0.2) is 7.48 Å². The van der Waals surface area contributed by atoms with Crippen LogP contribution in [0.25, 0.3) is 0 Å². The van der Waals surface area contributed by atoms with Crippen LogP contribution in [-0.2, 0) is 11.3 Å². The maximum Gasteiger partial charge on any atom is 0.309 e. The van der Waals surface area contributed by atoms with E-state index < -0.39 is 0 Å². The highest BCUT2D eigenvalue weighted by molar-refractivity contribution is 6.48. The molecular weight excluding hydrogens is 213 g/mol. The normalized spacial score (nSPS) is 12.9.